The van der Waals surface area contributed by atoms with Gasteiger partial charge in [-0.15, -0.1) is 0 Å². The molecule has 0 aromatic heterocycles. The van der Waals surface area contributed by atoms with Gasteiger partial charge in [0.25, 0.3) is 0 Å². The third kappa shape index (κ3) is 5.36. The zero-order valence-electron chi connectivity index (χ0n) is 12.1. The Labute approximate surface area is 154 Å². The first-order valence-electron chi connectivity index (χ1n) is 6.55. The summed E-state index contributed by atoms with van der Waals surface area (Å²) in [5.74, 6) is 0.0691. The number of hydrogen-bond donors (Lipinski definition) is 4. The van der Waals surface area contributed by atoms with Gasteiger partial charge in [-0.25, -0.2) is 15.6 Å². The maximum Gasteiger partial charge on any atom is 0.355 e. The minimum atomic E-state index is -0.675. The number of phenolic OH excluding ortho intramolecular Hbond substituents is 2. The van der Waals surface area contributed by atoms with Gasteiger partial charge in [-0.1, -0.05) is 31.9 Å². The molecule has 0 aliphatic rings. The van der Waals surface area contributed by atoms with Gasteiger partial charge in [-0.2, -0.15) is 10.2 Å². The first-order valence-corrected chi connectivity index (χ1v) is 8.13. The molecule has 24 heavy (non-hydrogen) atoms. The average Bonchev–Trinajstić information content (AvgIpc) is 2.54. The fourth-order valence-electron chi connectivity index (χ4n) is 1.60. The van der Waals surface area contributed by atoms with Crippen molar-refractivity contribution in [2.75, 3.05) is 0 Å². The van der Waals surface area contributed by atoms with E-state index in [4.69, 9.17) is 0 Å². The van der Waals surface area contributed by atoms with E-state index in [2.05, 4.69) is 52.9 Å². The number of nitrogens with zero attached hydrogens (tertiary/aromatic N) is 2. The highest BCUT2D eigenvalue weighted by Crippen LogP contribution is 2.20. The quantitative estimate of drug-likeness (QED) is 0.419. The number of amides is 2. The van der Waals surface area contributed by atoms with Gasteiger partial charge < -0.3 is 10.2 Å². The normalized spacial score (nSPS) is 11.1. The Morgan fingerprint density at radius 2 is 1.29 bits per heavy atom. The maximum absolute atomic E-state index is 11.5. The Morgan fingerprint density at radius 3 is 1.71 bits per heavy atom. The van der Waals surface area contributed by atoms with E-state index >= 15 is 0 Å². The molecule has 7 nitrogen and oxygen atoms in total. The van der Waals surface area contributed by atoms with Gasteiger partial charge in [-0.05, 0) is 36.4 Å². The van der Waals surface area contributed by atoms with E-state index in [1.54, 1.807) is 24.3 Å². The van der Waals surface area contributed by atoms with Gasteiger partial charge in [0.2, 0.25) is 0 Å². The number of aromatic hydroxyl groups is 2. The highest BCUT2D eigenvalue weighted by Gasteiger charge is 2.01. The summed E-state index contributed by atoms with van der Waals surface area (Å²) >= 11 is 6.54. The highest BCUT2D eigenvalue weighted by molar-refractivity contribution is 9.10. The van der Waals surface area contributed by atoms with Crippen LogP contribution in [0.15, 0.2) is 55.5 Å². The van der Waals surface area contributed by atoms with Crippen molar-refractivity contribution in [1.82, 2.24) is 10.9 Å². The van der Waals surface area contributed by atoms with E-state index in [0.717, 1.165) is 8.95 Å². The van der Waals surface area contributed by atoms with E-state index in [0.29, 0.717) is 11.1 Å². The smallest absolute Gasteiger partial charge is 0.355 e. The third-order valence-electron chi connectivity index (χ3n) is 2.72. The Morgan fingerprint density at radius 1 is 0.875 bits per heavy atom. The summed E-state index contributed by atoms with van der Waals surface area (Å²) in [5, 5.41) is 26.7. The van der Waals surface area contributed by atoms with Crippen molar-refractivity contribution in [3.8, 4) is 11.5 Å². The van der Waals surface area contributed by atoms with Crippen LogP contribution >= 0.6 is 31.9 Å². The summed E-state index contributed by atoms with van der Waals surface area (Å²) in [4.78, 5) is 11.5. The Balaban J connectivity index is 1.89. The maximum atomic E-state index is 11.5. The lowest BCUT2D eigenvalue weighted by atomic mass is 10.2. The van der Waals surface area contributed by atoms with Crippen LogP contribution in [0, 0.1) is 0 Å². The van der Waals surface area contributed by atoms with Crippen molar-refractivity contribution in [1.29, 1.82) is 0 Å². The van der Waals surface area contributed by atoms with E-state index < -0.39 is 6.03 Å². The van der Waals surface area contributed by atoms with Gasteiger partial charge in [0.05, 0.1) is 12.4 Å². The van der Waals surface area contributed by atoms with Crippen molar-refractivity contribution in [2.45, 2.75) is 0 Å². The molecule has 0 heterocycles. The van der Waals surface area contributed by atoms with Crippen LogP contribution < -0.4 is 10.9 Å². The number of carbonyl (C=O) groups excluding carboxylic acids is 1. The topological polar surface area (TPSA) is 106 Å². The van der Waals surface area contributed by atoms with Crippen molar-refractivity contribution in [2.24, 2.45) is 10.2 Å². The molecule has 0 aliphatic carbocycles. The van der Waals surface area contributed by atoms with E-state index in [9.17, 15) is 15.0 Å². The first kappa shape index (κ1) is 18.0. The summed E-state index contributed by atoms with van der Waals surface area (Å²) < 4.78 is 1.54. The van der Waals surface area contributed by atoms with Gasteiger partial charge >= 0.3 is 6.03 Å². The zero-order valence-corrected chi connectivity index (χ0v) is 15.2. The van der Waals surface area contributed by atoms with Crippen LogP contribution in [0.2, 0.25) is 0 Å². The predicted octanol–water partition coefficient (Wildman–Crippen LogP) is 3.29. The Hall–Kier alpha value is -2.39. The molecule has 2 aromatic rings. The van der Waals surface area contributed by atoms with E-state index in [1.165, 1.54) is 24.6 Å². The van der Waals surface area contributed by atoms with Crippen LogP contribution in [0.3, 0.4) is 0 Å². The van der Waals surface area contributed by atoms with Crippen LogP contribution in [-0.4, -0.2) is 28.7 Å². The Kier molecular flexibility index (Phi) is 6.33. The standard InChI is InChI=1S/C15H12Br2N4O3/c16-11-1-3-13(22)9(5-11)7-18-20-15(24)21-19-8-10-6-12(17)2-4-14(10)23/h1-8,22-23H,(H2,20,21,24)/b18-7-,19-8-. The molecular weight excluding hydrogens is 444 g/mol. The molecule has 0 bridgehead atoms. The van der Waals surface area contributed by atoms with E-state index in [-0.39, 0.29) is 11.5 Å². The van der Waals surface area contributed by atoms with Gasteiger partial charge in [0.15, 0.2) is 0 Å². The number of halogens is 2. The first-order chi connectivity index (χ1) is 11.5. The molecule has 2 aromatic carbocycles. The minimum absolute atomic E-state index is 0.0345. The van der Waals surface area contributed by atoms with Gasteiger partial charge in [-0.3, -0.25) is 0 Å². The number of benzene rings is 2. The third-order valence-corrected chi connectivity index (χ3v) is 3.71. The zero-order chi connectivity index (χ0) is 17.5. The number of hydrazone groups is 2. The van der Waals surface area contributed by atoms with Crippen LogP contribution in [0.4, 0.5) is 4.79 Å². The van der Waals surface area contributed by atoms with E-state index in [1.807, 2.05) is 0 Å². The number of phenols is 2. The fourth-order valence-corrected chi connectivity index (χ4v) is 2.36. The molecule has 124 valence electrons. The molecule has 2 amide bonds. The van der Waals surface area contributed by atoms with Crippen molar-refractivity contribution in [3.63, 3.8) is 0 Å². The van der Waals surface area contributed by atoms with Crippen LogP contribution in [0.1, 0.15) is 11.1 Å². The average molecular weight is 456 g/mol. The van der Waals surface area contributed by atoms with Crippen molar-refractivity contribution >= 4 is 50.3 Å². The summed E-state index contributed by atoms with van der Waals surface area (Å²) in [6, 6.07) is 8.98. The summed E-state index contributed by atoms with van der Waals surface area (Å²) in [6.07, 6.45) is 2.59. The molecule has 0 fully saturated rings. The molecule has 0 radical (unpaired) electrons. The molecule has 4 N–H and O–H groups in total. The lowest BCUT2D eigenvalue weighted by Crippen LogP contribution is -2.28. The number of carbonyl (C=O) groups is 1. The summed E-state index contributed by atoms with van der Waals surface area (Å²) in [5.41, 5.74) is 5.27. The van der Waals surface area contributed by atoms with Crippen molar-refractivity contribution < 1.29 is 15.0 Å². The predicted molar refractivity (Wildman–Crippen MR) is 98.5 cm³/mol. The number of hydrogen-bond acceptors (Lipinski definition) is 5. The largest absolute Gasteiger partial charge is 0.507 e. The summed E-state index contributed by atoms with van der Waals surface area (Å²) in [6.45, 7) is 0. The molecule has 9 heteroatoms. The van der Waals surface area contributed by atoms with Crippen LogP contribution in [0.25, 0.3) is 0 Å². The lowest BCUT2D eigenvalue weighted by molar-refractivity contribution is 0.242. The van der Waals surface area contributed by atoms with Crippen LogP contribution in [-0.2, 0) is 0 Å². The minimum Gasteiger partial charge on any atom is -0.507 e. The molecule has 0 aliphatic heterocycles. The molecule has 2 rings (SSSR count). The lowest BCUT2D eigenvalue weighted by Gasteiger charge is -2.01. The monoisotopic (exact) mass is 454 g/mol. The molecular formula is C15H12Br2N4O3. The molecule has 0 unspecified atom stereocenters. The fraction of sp³-hybridized carbons (Fsp3) is 0. The second-order valence-corrected chi connectivity index (χ2v) is 6.31. The molecule has 0 spiro atoms. The van der Waals surface area contributed by atoms with Gasteiger partial charge in [0.1, 0.15) is 11.5 Å². The number of rotatable bonds is 4. The van der Waals surface area contributed by atoms with Crippen LogP contribution in [0.5, 0.6) is 11.5 Å². The molecule has 0 saturated carbocycles. The number of urea groups is 1. The molecule has 0 saturated heterocycles. The Bertz CT molecular complexity index is 744. The summed E-state index contributed by atoms with van der Waals surface area (Å²) in [7, 11) is 0. The second-order valence-electron chi connectivity index (χ2n) is 4.48. The van der Waals surface area contributed by atoms with Gasteiger partial charge in [0, 0.05) is 20.1 Å². The number of nitrogens with one attached hydrogen (secondary N) is 2. The molecule has 0 atom stereocenters. The second kappa shape index (κ2) is 8.46. The highest BCUT2D eigenvalue weighted by atomic mass is 79.9. The van der Waals surface area contributed by atoms with Crippen molar-refractivity contribution in [3.05, 3.63) is 56.5 Å². The SMILES string of the molecule is O=C(N/N=C\c1cc(Br)ccc1O)N/N=C\c1cc(Br)ccc1O.